The molecule has 0 radical (unpaired) electrons. The van der Waals surface area contributed by atoms with Gasteiger partial charge in [0, 0.05) is 31.7 Å². The van der Waals surface area contributed by atoms with Crippen molar-refractivity contribution >= 4 is 22.8 Å². The van der Waals surface area contributed by atoms with Crippen molar-refractivity contribution in [3.63, 3.8) is 0 Å². The number of amides is 2. The number of likely N-dealkylation sites (N-methyl/N-ethyl adjacent to an activating group) is 1. The minimum Gasteiger partial charge on any atom is -0.348 e. The summed E-state index contributed by atoms with van der Waals surface area (Å²) < 4.78 is 1.94. The van der Waals surface area contributed by atoms with Crippen molar-refractivity contribution in [2.45, 2.75) is 26.9 Å². The van der Waals surface area contributed by atoms with Crippen molar-refractivity contribution < 1.29 is 9.59 Å². The van der Waals surface area contributed by atoms with E-state index in [1.54, 1.807) is 17.0 Å². The van der Waals surface area contributed by atoms with E-state index < -0.39 is 0 Å². The zero-order valence-electron chi connectivity index (χ0n) is 15.5. The molecule has 0 unspecified atom stereocenters. The van der Waals surface area contributed by atoms with Gasteiger partial charge < -0.3 is 14.8 Å². The molecule has 0 atom stereocenters. The molecular weight excluding hydrogens is 340 g/mol. The van der Waals surface area contributed by atoms with Gasteiger partial charge in [-0.15, -0.1) is 0 Å². The number of hydrogen-bond donors (Lipinski definition) is 1. The molecule has 0 saturated heterocycles. The minimum absolute atomic E-state index is 0.0506. The van der Waals surface area contributed by atoms with E-state index >= 15 is 0 Å². The van der Waals surface area contributed by atoms with Crippen molar-refractivity contribution in [1.29, 1.82) is 0 Å². The third-order valence-corrected chi connectivity index (χ3v) is 5.00. The Morgan fingerprint density at radius 1 is 1.19 bits per heavy atom. The van der Waals surface area contributed by atoms with Gasteiger partial charge in [-0.25, -0.2) is 4.98 Å². The summed E-state index contributed by atoms with van der Waals surface area (Å²) in [5.41, 5.74) is 4.35. The van der Waals surface area contributed by atoms with Crippen LogP contribution in [0, 0.1) is 6.92 Å². The molecule has 3 aromatic rings. The maximum absolute atomic E-state index is 12.5. The quantitative estimate of drug-likeness (QED) is 0.776. The number of hydrogen-bond acceptors (Lipinski definition) is 3. The number of carbonyl (C=O) groups is 2. The van der Waals surface area contributed by atoms with Gasteiger partial charge in [-0.3, -0.25) is 9.59 Å². The minimum atomic E-state index is -0.147. The van der Waals surface area contributed by atoms with Gasteiger partial charge in [0.05, 0.1) is 11.0 Å². The van der Waals surface area contributed by atoms with Crippen LogP contribution in [-0.4, -0.2) is 39.4 Å². The Labute approximate surface area is 157 Å². The number of carbonyl (C=O) groups excluding carboxylic acids is 2. The Balaban J connectivity index is 1.57. The maximum atomic E-state index is 12.5. The third kappa shape index (κ3) is 3.18. The Morgan fingerprint density at radius 2 is 2.04 bits per heavy atom. The van der Waals surface area contributed by atoms with Crippen LogP contribution >= 0.6 is 0 Å². The maximum Gasteiger partial charge on any atom is 0.289 e. The number of imidazole rings is 1. The van der Waals surface area contributed by atoms with Crippen LogP contribution in [-0.2, 0) is 13.1 Å². The molecule has 4 rings (SSSR count). The van der Waals surface area contributed by atoms with Crippen LogP contribution in [0.2, 0.25) is 0 Å². The number of benzene rings is 2. The molecule has 0 bridgehead atoms. The Kier molecular flexibility index (Phi) is 4.39. The summed E-state index contributed by atoms with van der Waals surface area (Å²) in [6.07, 6.45) is 0. The van der Waals surface area contributed by atoms with Crippen molar-refractivity contribution in [2.75, 3.05) is 13.1 Å². The van der Waals surface area contributed by atoms with Crippen LogP contribution in [0.3, 0.4) is 0 Å². The summed E-state index contributed by atoms with van der Waals surface area (Å²) >= 11 is 0. The molecule has 2 aromatic carbocycles. The lowest BCUT2D eigenvalue weighted by Gasteiger charge is -2.26. The highest BCUT2D eigenvalue weighted by molar-refractivity contribution is 5.99. The molecule has 0 fully saturated rings. The fourth-order valence-electron chi connectivity index (χ4n) is 3.53. The van der Waals surface area contributed by atoms with Gasteiger partial charge in [0.15, 0.2) is 5.82 Å². The van der Waals surface area contributed by atoms with E-state index in [0.29, 0.717) is 36.5 Å². The first-order valence-corrected chi connectivity index (χ1v) is 9.20. The van der Waals surface area contributed by atoms with Crippen LogP contribution in [0.15, 0.2) is 42.5 Å². The molecule has 2 amide bonds. The van der Waals surface area contributed by atoms with Crippen LogP contribution in [0.5, 0.6) is 0 Å². The molecule has 1 N–H and O–H groups in total. The largest absolute Gasteiger partial charge is 0.348 e. The molecule has 27 heavy (non-hydrogen) atoms. The first-order valence-electron chi connectivity index (χ1n) is 9.20. The highest BCUT2D eigenvalue weighted by Crippen LogP contribution is 2.22. The molecule has 1 aliphatic rings. The second-order valence-corrected chi connectivity index (χ2v) is 6.85. The van der Waals surface area contributed by atoms with Gasteiger partial charge in [0.1, 0.15) is 0 Å². The van der Waals surface area contributed by atoms with E-state index in [2.05, 4.69) is 16.4 Å². The second-order valence-electron chi connectivity index (χ2n) is 6.85. The van der Waals surface area contributed by atoms with Crippen LogP contribution < -0.4 is 5.32 Å². The Bertz CT molecular complexity index is 1040. The molecule has 1 aromatic heterocycles. The summed E-state index contributed by atoms with van der Waals surface area (Å²) in [7, 11) is 0. The van der Waals surface area contributed by atoms with Crippen molar-refractivity contribution in [3.05, 3.63) is 65.0 Å². The lowest BCUT2D eigenvalue weighted by molar-refractivity contribution is 0.0709. The molecule has 6 heteroatoms. The number of aryl methyl sites for hydroxylation is 1. The van der Waals surface area contributed by atoms with Gasteiger partial charge in [0.2, 0.25) is 0 Å². The average molecular weight is 362 g/mol. The molecule has 0 aliphatic carbocycles. The molecule has 0 spiro atoms. The Morgan fingerprint density at radius 3 is 2.81 bits per heavy atom. The molecule has 2 heterocycles. The molecule has 1 aliphatic heterocycles. The molecular formula is C21H22N4O2. The average Bonchev–Trinajstić information content (AvgIpc) is 3.05. The van der Waals surface area contributed by atoms with Gasteiger partial charge >= 0.3 is 0 Å². The van der Waals surface area contributed by atoms with E-state index in [-0.39, 0.29) is 11.8 Å². The zero-order chi connectivity index (χ0) is 19.0. The third-order valence-electron chi connectivity index (χ3n) is 5.00. The number of nitrogens with zero attached hydrogens (tertiary/aromatic N) is 3. The normalized spacial score (nSPS) is 13.7. The van der Waals surface area contributed by atoms with Crippen molar-refractivity contribution in [3.8, 4) is 0 Å². The first kappa shape index (κ1) is 17.3. The summed E-state index contributed by atoms with van der Waals surface area (Å²) in [6.45, 7) is 6.56. The molecule has 0 saturated carbocycles. The number of nitrogens with one attached hydrogen (secondary N) is 1. The summed E-state index contributed by atoms with van der Waals surface area (Å²) in [4.78, 5) is 31.3. The standard InChI is InChI=1S/C21H22N4O2/c1-3-24-9-10-25-18-8-7-16(12-17(18)23-19(25)21(24)27)20(26)22-13-15-6-4-5-14(2)11-15/h4-8,11-12H,3,9-10,13H2,1-2H3,(H,22,26). The van der Waals surface area contributed by atoms with Crippen LogP contribution in [0.1, 0.15) is 39.0 Å². The van der Waals surface area contributed by atoms with Gasteiger partial charge in [-0.2, -0.15) is 0 Å². The number of rotatable bonds is 4. The first-order chi connectivity index (χ1) is 13.1. The summed E-state index contributed by atoms with van der Waals surface area (Å²) in [5.74, 6) is 0.256. The van der Waals surface area contributed by atoms with E-state index in [4.69, 9.17) is 0 Å². The van der Waals surface area contributed by atoms with Crippen LogP contribution in [0.4, 0.5) is 0 Å². The van der Waals surface area contributed by atoms with Crippen LogP contribution in [0.25, 0.3) is 11.0 Å². The summed E-state index contributed by atoms with van der Waals surface area (Å²) in [5, 5.41) is 2.95. The fraction of sp³-hybridized carbons (Fsp3) is 0.286. The highest BCUT2D eigenvalue weighted by atomic mass is 16.2. The van der Waals surface area contributed by atoms with Crippen molar-refractivity contribution in [1.82, 2.24) is 19.8 Å². The predicted octanol–water partition coefficient (Wildman–Crippen LogP) is 2.75. The lowest BCUT2D eigenvalue weighted by Crippen LogP contribution is -2.40. The van der Waals surface area contributed by atoms with Crippen molar-refractivity contribution in [2.24, 2.45) is 0 Å². The van der Waals surface area contributed by atoms with E-state index in [1.807, 2.05) is 42.7 Å². The summed E-state index contributed by atoms with van der Waals surface area (Å²) in [6, 6.07) is 13.5. The fourth-order valence-corrected chi connectivity index (χ4v) is 3.53. The highest BCUT2D eigenvalue weighted by Gasteiger charge is 2.27. The smallest absolute Gasteiger partial charge is 0.289 e. The SMILES string of the molecule is CCN1CCn2c(nc3cc(C(=O)NCc4cccc(C)c4)ccc32)C1=O. The number of aromatic nitrogens is 2. The monoisotopic (exact) mass is 362 g/mol. The van der Waals surface area contributed by atoms with Gasteiger partial charge in [-0.05, 0) is 37.6 Å². The zero-order valence-corrected chi connectivity index (χ0v) is 15.5. The van der Waals surface area contributed by atoms with Gasteiger partial charge in [0.25, 0.3) is 11.8 Å². The lowest BCUT2D eigenvalue weighted by atomic mass is 10.1. The van der Waals surface area contributed by atoms with E-state index in [9.17, 15) is 9.59 Å². The Hall–Kier alpha value is -3.15. The molecule has 6 nitrogen and oxygen atoms in total. The predicted molar refractivity (Wildman–Crippen MR) is 104 cm³/mol. The number of fused-ring (bicyclic) bond motifs is 3. The van der Waals surface area contributed by atoms with E-state index in [1.165, 1.54) is 0 Å². The second kappa shape index (κ2) is 6.87. The molecule has 138 valence electrons. The van der Waals surface area contributed by atoms with Gasteiger partial charge in [-0.1, -0.05) is 29.8 Å². The van der Waals surface area contributed by atoms with E-state index in [0.717, 1.165) is 23.2 Å². The topological polar surface area (TPSA) is 67.2 Å².